The first-order valence-corrected chi connectivity index (χ1v) is 9.71. The van der Waals surface area contributed by atoms with Crippen molar-refractivity contribution in [3.8, 4) is 5.75 Å². The Bertz CT molecular complexity index is 741. The number of nitrogens with zero attached hydrogens (tertiary/aromatic N) is 3. The number of hydrogen-bond acceptors (Lipinski definition) is 4. The summed E-state index contributed by atoms with van der Waals surface area (Å²) in [5, 5.41) is 7.92. The Hall–Kier alpha value is -2.05. The smallest absolute Gasteiger partial charge is 0.274 e. The highest BCUT2D eigenvalue weighted by Gasteiger charge is 2.20. The van der Waals surface area contributed by atoms with Gasteiger partial charge in [-0.1, -0.05) is 19.1 Å². The molecule has 154 valence electrons. The van der Waals surface area contributed by atoms with Gasteiger partial charge in [0.1, 0.15) is 11.4 Å². The molecule has 28 heavy (non-hydrogen) atoms. The number of benzene rings is 1. The van der Waals surface area contributed by atoms with E-state index in [0.29, 0.717) is 24.2 Å². The number of nitrogens with one attached hydrogen (secondary N) is 1. The second-order valence-corrected chi connectivity index (χ2v) is 7.52. The van der Waals surface area contributed by atoms with Crippen molar-refractivity contribution in [3.05, 3.63) is 47.8 Å². The van der Waals surface area contributed by atoms with Crippen molar-refractivity contribution in [1.82, 2.24) is 20.0 Å². The summed E-state index contributed by atoms with van der Waals surface area (Å²) >= 11 is 0. The van der Waals surface area contributed by atoms with Crippen LogP contribution in [0.3, 0.4) is 0 Å². The normalized spacial score (nSPS) is 17.5. The largest absolute Gasteiger partial charge is 0.497 e. The van der Waals surface area contributed by atoms with Crippen molar-refractivity contribution in [1.29, 1.82) is 0 Å². The number of carbonyl (C=O) groups is 1. The van der Waals surface area contributed by atoms with Crippen LogP contribution in [0.4, 0.5) is 0 Å². The van der Waals surface area contributed by atoms with E-state index in [1.807, 2.05) is 36.1 Å². The first kappa shape index (κ1) is 22.2. The average Bonchev–Trinajstić information content (AvgIpc) is 3.18. The summed E-state index contributed by atoms with van der Waals surface area (Å²) in [6.45, 7) is 4.85. The molecule has 6 nitrogen and oxygen atoms in total. The van der Waals surface area contributed by atoms with Crippen LogP contribution in [0.1, 0.15) is 41.9 Å². The highest BCUT2D eigenvalue weighted by Crippen LogP contribution is 2.17. The molecule has 7 heteroatoms. The molecular weight excluding hydrogens is 376 g/mol. The topological polar surface area (TPSA) is 59.4 Å². The molecule has 1 aliphatic heterocycles. The lowest BCUT2D eigenvalue weighted by molar-refractivity contribution is 0.0768. The van der Waals surface area contributed by atoms with Gasteiger partial charge in [0.15, 0.2) is 0 Å². The number of amides is 1. The van der Waals surface area contributed by atoms with E-state index in [0.717, 1.165) is 38.1 Å². The molecule has 2 aromatic rings. The number of halogens is 1. The van der Waals surface area contributed by atoms with Gasteiger partial charge in [-0.15, -0.1) is 12.4 Å². The molecule has 1 aliphatic rings. The average molecular weight is 407 g/mol. The minimum atomic E-state index is -0.0147. The zero-order chi connectivity index (χ0) is 19.2. The second kappa shape index (κ2) is 10.5. The summed E-state index contributed by atoms with van der Waals surface area (Å²) < 4.78 is 7.14. The van der Waals surface area contributed by atoms with Crippen LogP contribution in [0, 0.1) is 5.92 Å². The van der Waals surface area contributed by atoms with Gasteiger partial charge in [0, 0.05) is 26.3 Å². The van der Waals surface area contributed by atoms with Crippen LogP contribution in [-0.4, -0.2) is 54.4 Å². The molecule has 2 heterocycles. The molecule has 1 aromatic heterocycles. The fourth-order valence-corrected chi connectivity index (χ4v) is 3.69. The number of ether oxygens (including phenoxy) is 1. The van der Waals surface area contributed by atoms with Crippen LogP contribution in [0.25, 0.3) is 0 Å². The van der Waals surface area contributed by atoms with Crippen LogP contribution in [-0.2, 0) is 6.42 Å². The standard InChI is InChI=1S/C21H30N4O2.ClH/c1-16(13-17-6-8-19(27-3)9-7-17)15-24(2)21(26)20-10-12-25(23-20)18-5-4-11-22-14-18;/h6-10,12,16,18,22H,4-5,11,13-15H2,1-3H3;1H. The summed E-state index contributed by atoms with van der Waals surface area (Å²) in [5.74, 6) is 1.21. The van der Waals surface area contributed by atoms with E-state index in [9.17, 15) is 4.79 Å². The number of piperidine rings is 1. The van der Waals surface area contributed by atoms with E-state index in [1.54, 1.807) is 12.0 Å². The van der Waals surface area contributed by atoms with Gasteiger partial charge >= 0.3 is 0 Å². The Morgan fingerprint density at radius 1 is 1.36 bits per heavy atom. The van der Waals surface area contributed by atoms with Crippen molar-refractivity contribution >= 4 is 18.3 Å². The lowest BCUT2D eigenvalue weighted by Crippen LogP contribution is -2.33. The lowest BCUT2D eigenvalue weighted by atomic mass is 10.0. The van der Waals surface area contributed by atoms with Crippen LogP contribution in [0.5, 0.6) is 5.75 Å². The third-order valence-electron chi connectivity index (χ3n) is 5.15. The first-order valence-electron chi connectivity index (χ1n) is 9.71. The maximum Gasteiger partial charge on any atom is 0.274 e. The molecule has 0 saturated carbocycles. The minimum Gasteiger partial charge on any atom is -0.497 e. The number of carbonyl (C=O) groups excluding carboxylic acids is 1. The molecule has 0 aliphatic carbocycles. The maximum atomic E-state index is 12.7. The fraction of sp³-hybridized carbons (Fsp3) is 0.524. The Kier molecular flexibility index (Phi) is 8.33. The van der Waals surface area contributed by atoms with E-state index in [4.69, 9.17) is 4.74 Å². The molecule has 2 unspecified atom stereocenters. The molecule has 0 bridgehead atoms. The van der Waals surface area contributed by atoms with Gasteiger partial charge in [0.2, 0.25) is 0 Å². The van der Waals surface area contributed by atoms with Gasteiger partial charge in [-0.3, -0.25) is 9.48 Å². The van der Waals surface area contributed by atoms with Gasteiger partial charge in [-0.25, -0.2) is 0 Å². The molecule has 1 fully saturated rings. The highest BCUT2D eigenvalue weighted by molar-refractivity contribution is 5.92. The fourth-order valence-electron chi connectivity index (χ4n) is 3.69. The minimum absolute atomic E-state index is 0. The zero-order valence-electron chi connectivity index (χ0n) is 16.9. The van der Waals surface area contributed by atoms with Crippen LogP contribution in [0.15, 0.2) is 36.5 Å². The zero-order valence-corrected chi connectivity index (χ0v) is 17.7. The summed E-state index contributed by atoms with van der Waals surface area (Å²) in [7, 11) is 3.53. The van der Waals surface area contributed by atoms with Crippen LogP contribution >= 0.6 is 12.4 Å². The van der Waals surface area contributed by atoms with Crippen molar-refractivity contribution in [3.63, 3.8) is 0 Å². The molecule has 1 N–H and O–H groups in total. The molecule has 2 atom stereocenters. The second-order valence-electron chi connectivity index (χ2n) is 7.52. The third kappa shape index (κ3) is 5.72. The SMILES string of the molecule is COc1ccc(CC(C)CN(C)C(=O)c2ccn(C3CCCNC3)n2)cc1.Cl. The molecule has 0 spiro atoms. The summed E-state index contributed by atoms with van der Waals surface area (Å²) in [4.78, 5) is 14.5. The third-order valence-corrected chi connectivity index (χ3v) is 5.15. The van der Waals surface area contributed by atoms with E-state index in [-0.39, 0.29) is 18.3 Å². The van der Waals surface area contributed by atoms with Crippen molar-refractivity contribution < 1.29 is 9.53 Å². The number of hydrogen-bond donors (Lipinski definition) is 1. The lowest BCUT2D eigenvalue weighted by Gasteiger charge is -2.23. The van der Waals surface area contributed by atoms with Crippen molar-refractivity contribution in [2.24, 2.45) is 5.92 Å². The highest BCUT2D eigenvalue weighted by atomic mass is 35.5. The number of aromatic nitrogens is 2. The van der Waals surface area contributed by atoms with E-state index < -0.39 is 0 Å². The molecule has 1 saturated heterocycles. The Morgan fingerprint density at radius 2 is 2.11 bits per heavy atom. The van der Waals surface area contributed by atoms with Gasteiger partial charge in [-0.05, 0) is 55.5 Å². The van der Waals surface area contributed by atoms with Crippen LogP contribution in [0.2, 0.25) is 0 Å². The van der Waals surface area contributed by atoms with Gasteiger partial charge in [0.25, 0.3) is 5.91 Å². The van der Waals surface area contributed by atoms with Crippen molar-refractivity contribution in [2.45, 2.75) is 32.2 Å². The van der Waals surface area contributed by atoms with Gasteiger partial charge < -0.3 is 15.0 Å². The molecular formula is C21H31ClN4O2. The van der Waals surface area contributed by atoms with Crippen molar-refractivity contribution in [2.75, 3.05) is 33.8 Å². The van der Waals surface area contributed by atoms with Gasteiger partial charge in [-0.2, -0.15) is 5.10 Å². The summed E-state index contributed by atoms with van der Waals surface area (Å²) in [5.41, 5.74) is 1.78. The molecule has 1 aromatic carbocycles. The molecule has 1 amide bonds. The predicted molar refractivity (Wildman–Crippen MR) is 113 cm³/mol. The Morgan fingerprint density at radius 3 is 2.75 bits per heavy atom. The van der Waals surface area contributed by atoms with Gasteiger partial charge in [0.05, 0.1) is 13.2 Å². The first-order chi connectivity index (χ1) is 13.1. The molecule has 3 rings (SSSR count). The number of methoxy groups -OCH3 is 1. The maximum absolute atomic E-state index is 12.7. The van der Waals surface area contributed by atoms with Crippen LogP contribution < -0.4 is 10.1 Å². The molecule has 0 radical (unpaired) electrons. The predicted octanol–water partition coefficient (Wildman–Crippen LogP) is 3.19. The summed E-state index contributed by atoms with van der Waals surface area (Å²) in [6, 6.07) is 10.3. The van der Waals surface area contributed by atoms with E-state index in [2.05, 4.69) is 29.5 Å². The van der Waals surface area contributed by atoms with E-state index >= 15 is 0 Å². The monoisotopic (exact) mass is 406 g/mol. The number of rotatable bonds is 7. The summed E-state index contributed by atoms with van der Waals surface area (Å²) in [6.07, 6.45) is 5.11. The van der Waals surface area contributed by atoms with E-state index in [1.165, 1.54) is 5.56 Å². The quantitative estimate of drug-likeness (QED) is 0.767. The Labute approximate surface area is 173 Å². The Balaban J connectivity index is 0.00000280.